The van der Waals surface area contributed by atoms with Crippen LogP contribution in [0.15, 0.2) is 0 Å². The first-order valence-corrected chi connectivity index (χ1v) is 7.12. The van der Waals surface area contributed by atoms with E-state index in [2.05, 4.69) is 10.2 Å². The molecule has 5 nitrogen and oxygen atoms in total. The summed E-state index contributed by atoms with van der Waals surface area (Å²) in [5.41, 5.74) is 6.21. The Bertz CT molecular complexity index is 335. The van der Waals surface area contributed by atoms with Crippen LogP contribution < -0.4 is 11.1 Å². The van der Waals surface area contributed by atoms with Crippen LogP contribution in [0, 0.1) is 11.8 Å². The van der Waals surface area contributed by atoms with Gasteiger partial charge in [-0.2, -0.15) is 0 Å². The summed E-state index contributed by atoms with van der Waals surface area (Å²) in [6.45, 7) is 4.95. The number of likely N-dealkylation sites (tertiary alicyclic amines) is 2. The Balaban J connectivity index is 1.67. The number of carbonyl (C=O) groups excluding carboxylic acids is 1. The first-order valence-electron chi connectivity index (χ1n) is 7.12. The molecule has 3 rings (SSSR count). The number of carbonyl (C=O) groups is 1. The molecule has 102 valence electrons. The molecule has 3 saturated heterocycles. The van der Waals surface area contributed by atoms with Gasteiger partial charge in [0.25, 0.3) is 0 Å². The number of hydrogen-bond acceptors (Lipinski definition) is 4. The molecule has 0 aliphatic carbocycles. The number of nitrogens with two attached hydrogens (primary N) is 1. The second kappa shape index (κ2) is 4.79. The second-order valence-electron chi connectivity index (χ2n) is 6.09. The maximum Gasteiger partial charge on any atom is 0.227 e. The minimum absolute atomic E-state index is 0.213. The molecule has 3 heterocycles. The lowest BCUT2D eigenvalue weighted by atomic mass is 9.86. The molecule has 0 aromatic heterocycles. The molecule has 0 aromatic carbocycles. The van der Waals surface area contributed by atoms with E-state index < -0.39 is 0 Å². The molecule has 0 saturated carbocycles. The van der Waals surface area contributed by atoms with Crippen molar-refractivity contribution >= 4 is 5.91 Å². The number of piperidine rings is 2. The van der Waals surface area contributed by atoms with Gasteiger partial charge in [-0.05, 0) is 31.8 Å². The number of nitrogens with zero attached hydrogens (tertiary/aromatic N) is 2. The third-order valence-electron chi connectivity index (χ3n) is 4.95. The minimum Gasteiger partial charge on any atom is -0.345 e. The zero-order valence-corrected chi connectivity index (χ0v) is 11.1. The van der Waals surface area contributed by atoms with Crippen LogP contribution in [0.1, 0.15) is 12.8 Å². The van der Waals surface area contributed by atoms with Crippen LogP contribution in [0.25, 0.3) is 0 Å². The van der Waals surface area contributed by atoms with Crippen molar-refractivity contribution in [2.75, 3.05) is 39.8 Å². The van der Waals surface area contributed by atoms with E-state index in [1.165, 1.54) is 0 Å². The maximum absolute atomic E-state index is 12.1. The van der Waals surface area contributed by atoms with Gasteiger partial charge in [-0.3, -0.25) is 9.69 Å². The van der Waals surface area contributed by atoms with Crippen LogP contribution in [-0.4, -0.2) is 67.6 Å². The summed E-state index contributed by atoms with van der Waals surface area (Å²) in [6.07, 6.45) is 2.26. The monoisotopic (exact) mass is 252 g/mol. The van der Waals surface area contributed by atoms with Crippen molar-refractivity contribution < 1.29 is 4.79 Å². The van der Waals surface area contributed by atoms with Crippen molar-refractivity contribution in [1.82, 2.24) is 15.1 Å². The second-order valence-corrected chi connectivity index (χ2v) is 6.09. The van der Waals surface area contributed by atoms with Gasteiger partial charge in [0, 0.05) is 38.8 Å². The summed E-state index contributed by atoms with van der Waals surface area (Å²) in [4.78, 5) is 16.5. The largest absolute Gasteiger partial charge is 0.345 e. The molecule has 1 amide bonds. The Labute approximate surface area is 109 Å². The van der Waals surface area contributed by atoms with Crippen LogP contribution in [0.4, 0.5) is 0 Å². The molecule has 0 radical (unpaired) electrons. The van der Waals surface area contributed by atoms with E-state index in [1.54, 1.807) is 0 Å². The molecule has 3 fully saturated rings. The molecule has 0 spiro atoms. The van der Waals surface area contributed by atoms with E-state index in [0.29, 0.717) is 17.9 Å². The SMILES string of the molecule is CN1CC2CCN(C3CCNCC3N)CC2C1=O. The highest BCUT2D eigenvalue weighted by Gasteiger charge is 2.44. The Kier molecular flexibility index (Phi) is 3.30. The molecule has 0 bridgehead atoms. The summed E-state index contributed by atoms with van der Waals surface area (Å²) < 4.78 is 0. The maximum atomic E-state index is 12.1. The van der Waals surface area contributed by atoms with Gasteiger partial charge in [0.2, 0.25) is 5.91 Å². The van der Waals surface area contributed by atoms with E-state index in [0.717, 1.165) is 45.6 Å². The Morgan fingerprint density at radius 2 is 2.17 bits per heavy atom. The minimum atomic E-state index is 0.213. The van der Waals surface area contributed by atoms with E-state index >= 15 is 0 Å². The van der Waals surface area contributed by atoms with Gasteiger partial charge in [-0.25, -0.2) is 0 Å². The Hall–Kier alpha value is -0.650. The number of nitrogens with one attached hydrogen (secondary N) is 1. The lowest BCUT2D eigenvalue weighted by Gasteiger charge is -2.43. The van der Waals surface area contributed by atoms with Gasteiger partial charge >= 0.3 is 0 Å². The van der Waals surface area contributed by atoms with Crippen molar-refractivity contribution in [3.8, 4) is 0 Å². The molecule has 18 heavy (non-hydrogen) atoms. The number of fused-ring (bicyclic) bond motifs is 1. The van der Waals surface area contributed by atoms with Crippen molar-refractivity contribution in [3.63, 3.8) is 0 Å². The lowest BCUT2D eigenvalue weighted by molar-refractivity contribution is -0.131. The van der Waals surface area contributed by atoms with E-state index in [-0.39, 0.29) is 12.0 Å². The first-order chi connectivity index (χ1) is 8.66. The van der Waals surface area contributed by atoms with Gasteiger partial charge in [0.15, 0.2) is 0 Å². The van der Waals surface area contributed by atoms with Gasteiger partial charge < -0.3 is 16.0 Å². The van der Waals surface area contributed by atoms with Crippen molar-refractivity contribution in [3.05, 3.63) is 0 Å². The normalized spacial score (nSPS) is 42.1. The van der Waals surface area contributed by atoms with E-state index in [9.17, 15) is 4.79 Å². The van der Waals surface area contributed by atoms with Crippen molar-refractivity contribution in [2.24, 2.45) is 17.6 Å². The van der Waals surface area contributed by atoms with Crippen LogP contribution in [0.3, 0.4) is 0 Å². The third kappa shape index (κ3) is 2.04. The van der Waals surface area contributed by atoms with Gasteiger partial charge in [-0.1, -0.05) is 0 Å². The molecule has 0 aromatic rings. The standard InChI is InChI=1S/C13H24N4O/c1-16-7-9-3-5-17(8-10(9)13(16)18)12-2-4-15-6-11(12)14/h9-12,15H,2-8,14H2,1H3. The van der Waals surface area contributed by atoms with Crippen LogP contribution in [0.2, 0.25) is 0 Å². The number of rotatable bonds is 1. The summed E-state index contributed by atoms with van der Waals surface area (Å²) >= 11 is 0. The fraction of sp³-hybridized carbons (Fsp3) is 0.923. The molecule has 5 heteroatoms. The highest BCUT2D eigenvalue weighted by molar-refractivity contribution is 5.81. The third-order valence-corrected chi connectivity index (χ3v) is 4.95. The summed E-state index contributed by atoms with van der Waals surface area (Å²) in [6, 6.07) is 0.676. The summed E-state index contributed by atoms with van der Waals surface area (Å²) in [5.74, 6) is 1.15. The fourth-order valence-corrected chi connectivity index (χ4v) is 3.87. The van der Waals surface area contributed by atoms with Crippen LogP contribution in [-0.2, 0) is 4.79 Å². The van der Waals surface area contributed by atoms with E-state index in [1.807, 2.05) is 11.9 Å². The van der Waals surface area contributed by atoms with Crippen molar-refractivity contribution in [1.29, 1.82) is 0 Å². The number of amides is 1. The molecule has 4 atom stereocenters. The average molecular weight is 252 g/mol. The Morgan fingerprint density at radius 1 is 1.33 bits per heavy atom. The van der Waals surface area contributed by atoms with E-state index in [4.69, 9.17) is 5.73 Å². The zero-order chi connectivity index (χ0) is 12.7. The first kappa shape index (κ1) is 12.4. The average Bonchev–Trinajstić information content (AvgIpc) is 2.66. The topological polar surface area (TPSA) is 61.6 Å². The summed E-state index contributed by atoms with van der Waals surface area (Å²) in [7, 11) is 1.93. The predicted octanol–water partition coefficient (Wildman–Crippen LogP) is -0.914. The lowest BCUT2D eigenvalue weighted by Crippen LogP contribution is -2.59. The fourth-order valence-electron chi connectivity index (χ4n) is 3.87. The predicted molar refractivity (Wildman–Crippen MR) is 70.1 cm³/mol. The highest BCUT2D eigenvalue weighted by atomic mass is 16.2. The molecule has 3 aliphatic heterocycles. The van der Waals surface area contributed by atoms with Gasteiger partial charge in [0.05, 0.1) is 5.92 Å². The molecule has 3 N–H and O–H groups in total. The molecular formula is C13H24N4O. The zero-order valence-electron chi connectivity index (χ0n) is 11.1. The van der Waals surface area contributed by atoms with Crippen molar-refractivity contribution in [2.45, 2.75) is 24.9 Å². The smallest absolute Gasteiger partial charge is 0.227 e. The number of hydrogen-bond donors (Lipinski definition) is 2. The van der Waals surface area contributed by atoms with Gasteiger partial charge in [0.1, 0.15) is 0 Å². The van der Waals surface area contributed by atoms with Crippen LogP contribution >= 0.6 is 0 Å². The molecule has 3 aliphatic rings. The highest BCUT2D eigenvalue weighted by Crippen LogP contribution is 2.33. The van der Waals surface area contributed by atoms with Crippen LogP contribution in [0.5, 0.6) is 0 Å². The quantitative estimate of drug-likeness (QED) is 0.634. The van der Waals surface area contributed by atoms with Gasteiger partial charge in [-0.15, -0.1) is 0 Å². The Morgan fingerprint density at radius 3 is 2.94 bits per heavy atom. The molecule has 4 unspecified atom stereocenters. The molecular weight excluding hydrogens is 228 g/mol. The summed E-state index contributed by atoms with van der Waals surface area (Å²) in [5, 5.41) is 3.34.